The standard InChI is InChI=1S/C21H30N4O5S/c1-21(2,25-31(3,29)30)20(28)24-18(19(27)23-13-17(26)12-22)11-14-8-9-15-6-4-5-7-16(15)10-14/h4-10,17-18,25-26H,11-13,22H2,1-3H3,(H,23,27)(H,24,28)/t17?,18-/m1/s1. The Hall–Kier alpha value is -2.53. The predicted octanol–water partition coefficient (Wildman–Crippen LogP) is -0.369. The predicted molar refractivity (Wildman–Crippen MR) is 120 cm³/mol. The Bertz CT molecular complexity index is 1040. The molecule has 2 aromatic rings. The van der Waals surface area contributed by atoms with Gasteiger partial charge < -0.3 is 21.5 Å². The van der Waals surface area contributed by atoms with Gasteiger partial charge >= 0.3 is 0 Å². The van der Waals surface area contributed by atoms with E-state index in [-0.39, 0.29) is 19.5 Å². The van der Waals surface area contributed by atoms with Crippen molar-refractivity contribution in [2.75, 3.05) is 19.3 Å². The summed E-state index contributed by atoms with van der Waals surface area (Å²) in [6.07, 6.45) is 0.218. The summed E-state index contributed by atoms with van der Waals surface area (Å²) in [7, 11) is -3.65. The van der Waals surface area contributed by atoms with Crippen LogP contribution >= 0.6 is 0 Å². The van der Waals surface area contributed by atoms with Crippen LogP contribution in [0.1, 0.15) is 19.4 Å². The molecule has 10 heteroatoms. The number of carbonyl (C=O) groups is 2. The van der Waals surface area contributed by atoms with E-state index in [1.807, 2.05) is 42.5 Å². The number of aliphatic hydroxyl groups excluding tert-OH is 1. The summed E-state index contributed by atoms with van der Waals surface area (Å²) in [6.45, 7) is 2.73. The number of hydrogen-bond acceptors (Lipinski definition) is 6. The number of aliphatic hydroxyl groups is 1. The van der Waals surface area contributed by atoms with Crippen molar-refractivity contribution in [2.24, 2.45) is 5.73 Å². The van der Waals surface area contributed by atoms with Crippen molar-refractivity contribution in [3.8, 4) is 0 Å². The zero-order chi connectivity index (χ0) is 23.2. The van der Waals surface area contributed by atoms with E-state index in [1.54, 1.807) is 0 Å². The van der Waals surface area contributed by atoms with Crippen LogP contribution in [0.15, 0.2) is 42.5 Å². The number of fused-ring (bicyclic) bond motifs is 1. The van der Waals surface area contributed by atoms with Crippen molar-refractivity contribution >= 4 is 32.6 Å². The molecule has 31 heavy (non-hydrogen) atoms. The Morgan fingerprint density at radius 2 is 1.77 bits per heavy atom. The van der Waals surface area contributed by atoms with Crippen LogP contribution in [0.25, 0.3) is 10.8 Å². The van der Waals surface area contributed by atoms with Gasteiger partial charge in [0.05, 0.1) is 12.4 Å². The van der Waals surface area contributed by atoms with Gasteiger partial charge in [-0.05, 0) is 30.2 Å². The highest BCUT2D eigenvalue weighted by Gasteiger charge is 2.34. The molecule has 0 heterocycles. The molecule has 2 aromatic carbocycles. The van der Waals surface area contributed by atoms with Gasteiger partial charge in [-0.15, -0.1) is 0 Å². The molecular weight excluding hydrogens is 420 g/mol. The van der Waals surface area contributed by atoms with Gasteiger partial charge in [-0.3, -0.25) is 9.59 Å². The molecule has 170 valence electrons. The van der Waals surface area contributed by atoms with Crippen LogP contribution in [0.5, 0.6) is 0 Å². The molecule has 0 aliphatic carbocycles. The summed E-state index contributed by atoms with van der Waals surface area (Å²) in [5, 5.41) is 16.9. The van der Waals surface area contributed by atoms with Crippen LogP contribution < -0.4 is 21.1 Å². The summed E-state index contributed by atoms with van der Waals surface area (Å²) < 4.78 is 25.4. The van der Waals surface area contributed by atoms with Crippen LogP contribution in [0.3, 0.4) is 0 Å². The zero-order valence-electron chi connectivity index (χ0n) is 17.9. The highest BCUT2D eigenvalue weighted by Crippen LogP contribution is 2.17. The Kier molecular flexibility index (Phi) is 8.13. The normalized spacial score (nSPS) is 14.1. The third kappa shape index (κ3) is 7.59. The molecule has 0 radical (unpaired) electrons. The second-order valence-corrected chi connectivity index (χ2v) is 9.79. The number of carbonyl (C=O) groups excluding carboxylic acids is 2. The fourth-order valence-corrected chi connectivity index (χ4v) is 4.10. The lowest BCUT2D eigenvalue weighted by atomic mass is 9.99. The Morgan fingerprint density at radius 1 is 1.13 bits per heavy atom. The number of nitrogens with two attached hydrogens (primary N) is 1. The first kappa shape index (κ1) is 24.7. The van der Waals surface area contributed by atoms with Crippen molar-refractivity contribution in [3.63, 3.8) is 0 Å². The maximum Gasteiger partial charge on any atom is 0.243 e. The second-order valence-electron chi connectivity index (χ2n) is 8.05. The zero-order valence-corrected chi connectivity index (χ0v) is 18.7. The summed E-state index contributed by atoms with van der Waals surface area (Å²) in [5.41, 5.74) is 4.72. The largest absolute Gasteiger partial charge is 0.390 e. The molecule has 2 rings (SSSR count). The number of rotatable bonds is 10. The van der Waals surface area contributed by atoms with Crippen LogP contribution in [0, 0.1) is 0 Å². The number of sulfonamides is 1. The molecule has 1 unspecified atom stereocenters. The van der Waals surface area contributed by atoms with E-state index in [2.05, 4.69) is 15.4 Å². The molecule has 6 N–H and O–H groups in total. The number of benzene rings is 2. The second kappa shape index (κ2) is 10.2. The highest BCUT2D eigenvalue weighted by molar-refractivity contribution is 7.88. The quantitative estimate of drug-likeness (QED) is 0.333. The van der Waals surface area contributed by atoms with Crippen molar-refractivity contribution in [1.29, 1.82) is 0 Å². The molecule has 0 fully saturated rings. The van der Waals surface area contributed by atoms with Crippen molar-refractivity contribution in [1.82, 2.24) is 15.4 Å². The maximum atomic E-state index is 12.8. The van der Waals surface area contributed by atoms with Gasteiger partial charge in [0.1, 0.15) is 11.6 Å². The van der Waals surface area contributed by atoms with Gasteiger partial charge in [0.25, 0.3) is 0 Å². The Morgan fingerprint density at radius 3 is 2.39 bits per heavy atom. The maximum absolute atomic E-state index is 12.8. The number of hydrogen-bond donors (Lipinski definition) is 5. The fraction of sp³-hybridized carbons (Fsp3) is 0.429. The smallest absolute Gasteiger partial charge is 0.243 e. The molecule has 0 saturated heterocycles. The van der Waals surface area contributed by atoms with E-state index in [0.717, 1.165) is 22.6 Å². The van der Waals surface area contributed by atoms with E-state index in [9.17, 15) is 23.1 Å². The highest BCUT2D eigenvalue weighted by atomic mass is 32.2. The van der Waals surface area contributed by atoms with Gasteiger partial charge in [0, 0.05) is 19.5 Å². The van der Waals surface area contributed by atoms with Gasteiger partial charge in [-0.25, -0.2) is 13.1 Å². The summed E-state index contributed by atoms with van der Waals surface area (Å²) in [4.78, 5) is 25.5. The fourth-order valence-electron chi connectivity index (χ4n) is 3.08. The lowest BCUT2D eigenvalue weighted by Crippen LogP contribution is -2.59. The number of amides is 2. The molecule has 0 aliphatic rings. The van der Waals surface area contributed by atoms with Crippen molar-refractivity contribution in [3.05, 3.63) is 48.0 Å². The van der Waals surface area contributed by atoms with E-state index in [1.165, 1.54) is 13.8 Å². The first-order chi connectivity index (χ1) is 14.4. The van der Waals surface area contributed by atoms with Gasteiger partial charge in [-0.1, -0.05) is 42.5 Å². The topological polar surface area (TPSA) is 151 Å². The minimum Gasteiger partial charge on any atom is -0.390 e. The summed E-state index contributed by atoms with van der Waals surface area (Å²) >= 11 is 0. The number of nitrogens with one attached hydrogen (secondary N) is 3. The lowest BCUT2D eigenvalue weighted by Gasteiger charge is -2.27. The monoisotopic (exact) mass is 450 g/mol. The summed E-state index contributed by atoms with van der Waals surface area (Å²) in [5.74, 6) is -1.16. The first-order valence-electron chi connectivity index (χ1n) is 9.84. The van der Waals surface area contributed by atoms with Crippen LogP contribution in [0.4, 0.5) is 0 Å². The molecule has 9 nitrogen and oxygen atoms in total. The van der Waals surface area contributed by atoms with Gasteiger partial charge in [-0.2, -0.15) is 0 Å². The summed E-state index contributed by atoms with van der Waals surface area (Å²) in [6, 6.07) is 12.5. The van der Waals surface area contributed by atoms with Gasteiger partial charge in [0.2, 0.25) is 21.8 Å². The minimum atomic E-state index is -3.65. The van der Waals surface area contributed by atoms with Gasteiger partial charge in [0.15, 0.2) is 0 Å². The molecule has 2 amide bonds. The molecule has 0 aliphatic heterocycles. The minimum absolute atomic E-state index is 0.0205. The SMILES string of the molecule is CC(C)(NS(C)(=O)=O)C(=O)N[C@H](Cc1ccc2ccccc2c1)C(=O)NCC(O)CN. The van der Waals surface area contributed by atoms with E-state index >= 15 is 0 Å². The van der Waals surface area contributed by atoms with E-state index in [0.29, 0.717) is 0 Å². The average Bonchev–Trinajstić information content (AvgIpc) is 2.69. The van der Waals surface area contributed by atoms with E-state index < -0.39 is 39.5 Å². The molecule has 0 spiro atoms. The Balaban J connectivity index is 2.24. The third-order valence-electron chi connectivity index (χ3n) is 4.67. The lowest BCUT2D eigenvalue weighted by molar-refractivity contribution is -0.131. The van der Waals surface area contributed by atoms with E-state index in [4.69, 9.17) is 5.73 Å². The van der Waals surface area contributed by atoms with Crippen LogP contribution in [-0.4, -0.2) is 62.4 Å². The molecular formula is C21H30N4O5S. The average molecular weight is 451 g/mol. The van der Waals surface area contributed by atoms with Crippen molar-refractivity contribution in [2.45, 2.75) is 38.0 Å². The molecule has 0 aromatic heterocycles. The third-order valence-corrected chi connectivity index (χ3v) is 5.55. The van der Waals surface area contributed by atoms with Crippen molar-refractivity contribution < 1.29 is 23.1 Å². The first-order valence-corrected chi connectivity index (χ1v) is 11.7. The van der Waals surface area contributed by atoms with Crippen LogP contribution in [0.2, 0.25) is 0 Å². The molecule has 2 atom stereocenters. The van der Waals surface area contributed by atoms with Crippen LogP contribution in [-0.2, 0) is 26.0 Å². The molecule has 0 bridgehead atoms. The Labute approximate surface area is 182 Å². The molecule has 0 saturated carbocycles.